The van der Waals surface area contributed by atoms with Gasteiger partial charge in [0.05, 0.1) is 27.0 Å². The highest BCUT2D eigenvalue weighted by Crippen LogP contribution is 2.27. The molecule has 0 saturated heterocycles. The monoisotopic (exact) mass is 500 g/mol. The zero-order valence-corrected chi connectivity index (χ0v) is 19.2. The first-order valence-electron chi connectivity index (χ1n) is 8.83. The molecule has 0 fully saturated rings. The highest BCUT2D eigenvalue weighted by molar-refractivity contribution is 14.0. The van der Waals surface area contributed by atoms with Gasteiger partial charge in [-0.2, -0.15) is 0 Å². The first-order valence-corrected chi connectivity index (χ1v) is 8.83. The number of hydrogen-bond donors (Lipinski definition) is 1. The molecule has 2 rings (SSSR count). The van der Waals surface area contributed by atoms with E-state index < -0.39 is 0 Å². The number of aliphatic imine (C=N–C) groups is 1. The van der Waals surface area contributed by atoms with Gasteiger partial charge < -0.3 is 24.4 Å². The van der Waals surface area contributed by atoms with E-state index in [-0.39, 0.29) is 24.0 Å². The number of rotatable bonds is 9. The van der Waals surface area contributed by atoms with Gasteiger partial charge in [-0.05, 0) is 36.2 Å². The largest absolute Gasteiger partial charge is 0.493 e. The number of likely N-dealkylation sites (N-methyl/N-ethyl adjacent to an activating group) is 1. The topological polar surface area (TPSA) is 68.2 Å². The van der Waals surface area contributed by atoms with E-state index in [2.05, 4.69) is 20.2 Å². The van der Waals surface area contributed by atoms with E-state index in [1.54, 1.807) is 33.7 Å². The van der Waals surface area contributed by atoms with Crippen molar-refractivity contribution in [2.24, 2.45) is 4.99 Å². The Hall–Kier alpha value is -2.23. The summed E-state index contributed by atoms with van der Waals surface area (Å²) in [5.74, 6) is 3.06. The van der Waals surface area contributed by atoms with Crippen LogP contribution in [-0.2, 0) is 6.42 Å². The third-order valence-corrected chi connectivity index (χ3v) is 4.05. The Labute approximate surface area is 184 Å². The van der Waals surface area contributed by atoms with Crippen molar-refractivity contribution >= 4 is 29.9 Å². The van der Waals surface area contributed by atoms with E-state index in [4.69, 9.17) is 14.2 Å². The molecule has 0 radical (unpaired) electrons. The van der Waals surface area contributed by atoms with Crippen molar-refractivity contribution in [3.8, 4) is 17.2 Å². The lowest BCUT2D eigenvalue weighted by atomic mass is 10.1. The Morgan fingerprint density at radius 3 is 2.61 bits per heavy atom. The van der Waals surface area contributed by atoms with Gasteiger partial charge in [0.15, 0.2) is 17.5 Å². The molecule has 0 amide bonds. The molecule has 2 aromatic rings. The molecule has 0 aliphatic carbocycles. The van der Waals surface area contributed by atoms with Crippen LogP contribution in [0.4, 0.5) is 0 Å². The summed E-state index contributed by atoms with van der Waals surface area (Å²) in [4.78, 5) is 10.4. The molecule has 0 unspecified atom stereocenters. The number of benzene rings is 1. The lowest BCUT2D eigenvalue weighted by molar-refractivity contribution is 0.318. The summed E-state index contributed by atoms with van der Waals surface area (Å²) < 4.78 is 16.3. The summed E-state index contributed by atoms with van der Waals surface area (Å²) in [6.45, 7) is 2.01. The highest BCUT2D eigenvalue weighted by atomic mass is 127. The third kappa shape index (κ3) is 7.41. The fourth-order valence-electron chi connectivity index (χ4n) is 2.59. The number of nitrogens with zero attached hydrogens (tertiary/aromatic N) is 3. The van der Waals surface area contributed by atoms with Gasteiger partial charge >= 0.3 is 0 Å². The van der Waals surface area contributed by atoms with Crippen LogP contribution < -0.4 is 19.5 Å². The minimum atomic E-state index is 0. The summed E-state index contributed by atoms with van der Waals surface area (Å²) in [5, 5.41) is 3.30. The summed E-state index contributed by atoms with van der Waals surface area (Å²) in [7, 11) is 7.07. The number of ether oxygens (including phenoxy) is 3. The summed E-state index contributed by atoms with van der Waals surface area (Å²) in [6, 6.07) is 9.72. The maximum Gasteiger partial charge on any atom is 0.193 e. The Kier molecular flexibility index (Phi) is 11.1. The van der Waals surface area contributed by atoms with E-state index in [0.29, 0.717) is 13.2 Å². The predicted molar refractivity (Wildman–Crippen MR) is 122 cm³/mol. The number of nitrogens with one attached hydrogen (secondary N) is 1. The molecule has 0 saturated carbocycles. The zero-order valence-electron chi connectivity index (χ0n) is 16.8. The van der Waals surface area contributed by atoms with E-state index in [0.717, 1.165) is 36.2 Å². The van der Waals surface area contributed by atoms with Crippen LogP contribution in [0.3, 0.4) is 0 Å². The molecule has 7 nitrogen and oxygen atoms in total. The third-order valence-electron chi connectivity index (χ3n) is 4.05. The molecule has 0 aliphatic heterocycles. The second-order valence-corrected chi connectivity index (χ2v) is 5.87. The quantitative estimate of drug-likeness (QED) is 0.247. The van der Waals surface area contributed by atoms with Crippen LogP contribution in [-0.4, -0.2) is 63.9 Å². The smallest absolute Gasteiger partial charge is 0.193 e. The lowest BCUT2D eigenvalue weighted by Gasteiger charge is -2.22. The van der Waals surface area contributed by atoms with Crippen LogP contribution in [0, 0.1) is 0 Å². The van der Waals surface area contributed by atoms with Crippen LogP contribution in [0.1, 0.15) is 5.56 Å². The maximum atomic E-state index is 5.63. The van der Waals surface area contributed by atoms with Crippen LogP contribution in [0.25, 0.3) is 0 Å². The fraction of sp³-hybridized carbons (Fsp3) is 0.400. The van der Waals surface area contributed by atoms with Gasteiger partial charge in [0.1, 0.15) is 12.4 Å². The van der Waals surface area contributed by atoms with E-state index in [1.165, 1.54) is 5.56 Å². The summed E-state index contributed by atoms with van der Waals surface area (Å²) in [5.41, 5.74) is 1.18. The number of aromatic nitrogens is 1. The van der Waals surface area contributed by atoms with E-state index in [9.17, 15) is 0 Å². The molecular formula is C20H29IN4O3. The summed E-state index contributed by atoms with van der Waals surface area (Å²) in [6.07, 6.45) is 4.29. The van der Waals surface area contributed by atoms with Crippen molar-refractivity contribution in [3.63, 3.8) is 0 Å². The van der Waals surface area contributed by atoms with Gasteiger partial charge in [0.25, 0.3) is 0 Å². The first kappa shape index (κ1) is 23.8. The van der Waals surface area contributed by atoms with E-state index in [1.807, 2.05) is 37.4 Å². The number of pyridine rings is 1. The SMILES string of the molecule is CN=C(NCCOc1cccnc1)N(C)CCc1ccc(OC)c(OC)c1.I. The highest BCUT2D eigenvalue weighted by Gasteiger charge is 2.08. The van der Waals surface area contributed by atoms with Crippen molar-refractivity contribution in [3.05, 3.63) is 48.3 Å². The standard InChI is InChI=1S/C20H28N4O3.HI/c1-21-20(23-11-13-27-17-6-5-10-22-15-17)24(2)12-9-16-7-8-18(25-3)19(14-16)26-4;/h5-8,10,14-15H,9,11-13H2,1-4H3,(H,21,23);1H. The molecule has 0 aliphatic rings. The predicted octanol–water partition coefficient (Wildman–Crippen LogP) is 2.85. The lowest BCUT2D eigenvalue weighted by Crippen LogP contribution is -2.41. The number of halogens is 1. The minimum absolute atomic E-state index is 0. The number of methoxy groups -OCH3 is 2. The van der Waals surface area contributed by atoms with Crippen molar-refractivity contribution in [2.45, 2.75) is 6.42 Å². The molecule has 154 valence electrons. The Bertz CT molecular complexity index is 729. The maximum absolute atomic E-state index is 5.63. The molecule has 28 heavy (non-hydrogen) atoms. The molecular weight excluding hydrogens is 471 g/mol. The second-order valence-electron chi connectivity index (χ2n) is 5.87. The molecule has 1 aromatic carbocycles. The van der Waals surface area contributed by atoms with Crippen molar-refractivity contribution < 1.29 is 14.2 Å². The van der Waals surface area contributed by atoms with Crippen LogP contribution in [0.5, 0.6) is 17.2 Å². The van der Waals surface area contributed by atoms with Gasteiger partial charge in [-0.15, -0.1) is 24.0 Å². The molecule has 0 atom stereocenters. The Morgan fingerprint density at radius 2 is 1.96 bits per heavy atom. The van der Waals surface area contributed by atoms with Gasteiger partial charge in [0, 0.05) is 26.8 Å². The average Bonchev–Trinajstić information content (AvgIpc) is 2.72. The fourth-order valence-corrected chi connectivity index (χ4v) is 2.59. The van der Waals surface area contributed by atoms with Gasteiger partial charge in [-0.3, -0.25) is 9.98 Å². The molecule has 8 heteroatoms. The molecule has 1 heterocycles. The Balaban J connectivity index is 0.00000392. The molecule has 1 N–H and O–H groups in total. The summed E-state index contributed by atoms with van der Waals surface area (Å²) >= 11 is 0. The van der Waals surface area contributed by atoms with Gasteiger partial charge in [-0.25, -0.2) is 0 Å². The Morgan fingerprint density at radius 1 is 1.18 bits per heavy atom. The van der Waals surface area contributed by atoms with Crippen LogP contribution in [0.2, 0.25) is 0 Å². The van der Waals surface area contributed by atoms with Crippen LogP contribution >= 0.6 is 24.0 Å². The van der Waals surface area contributed by atoms with Gasteiger partial charge in [0.2, 0.25) is 0 Å². The van der Waals surface area contributed by atoms with Crippen molar-refractivity contribution in [1.82, 2.24) is 15.2 Å². The average molecular weight is 500 g/mol. The molecule has 0 spiro atoms. The van der Waals surface area contributed by atoms with E-state index >= 15 is 0 Å². The molecule has 0 bridgehead atoms. The van der Waals surface area contributed by atoms with Crippen LogP contribution in [0.15, 0.2) is 47.7 Å². The number of guanidine groups is 1. The van der Waals surface area contributed by atoms with Crippen molar-refractivity contribution in [1.29, 1.82) is 0 Å². The normalized spacial score (nSPS) is 10.6. The number of hydrogen-bond acceptors (Lipinski definition) is 5. The van der Waals surface area contributed by atoms with Gasteiger partial charge in [-0.1, -0.05) is 6.07 Å². The van der Waals surface area contributed by atoms with Crippen molar-refractivity contribution in [2.75, 3.05) is 48.0 Å². The first-order chi connectivity index (χ1) is 13.2. The second kappa shape index (κ2) is 13.0. The molecule has 1 aromatic heterocycles. The zero-order chi connectivity index (χ0) is 19.5. The minimum Gasteiger partial charge on any atom is -0.493 e.